The molecule has 14 heteroatoms. The molecular formula is C28H32N8O6. The van der Waals surface area contributed by atoms with E-state index in [-0.39, 0.29) is 36.3 Å². The predicted molar refractivity (Wildman–Crippen MR) is 154 cm³/mol. The maximum absolute atomic E-state index is 12.7. The lowest BCUT2D eigenvalue weighted by molar-refractivity contribution is -0.120. The summed E-state index contributed by atoms with van der Waals surface area (Å²) < 4.78 is 5.66. The predicted octanol–water partition coefficient (Wildman–Crippen LogP) is -1.12. The van der Waals surface area contributed by atoms with Crippen molar-refractivity contribution in [2.24, 2.45) is 20.7 Å². The van der Waals surface area contributed by atoms with Gasteiger partial charge in [-0.15, -0.1) is 0 Å². The summed E-state index contributed by atoms with van der Waals surface area (Å²) in [5.41, 5.74) is 6.67. The minimum absolute atomic E-state index is 0.0883. The van der Waals surface area contributed by atoms with Gasteiger partial charge < -0.3 is 36.4 Å². The molecule has 1 unspecified atom stereocenters. The van der Waals surface area contributed by atoms with Crippen LogP contribution in [0.4, 0.5) is 5.69 Å². The summed E-state index contributed by atoms with van der Waals surface area (Å²) >= 11 is 0. The zero-order chi connectivity index (χ0) is 29.9. The largest absolute Gasteiger partial charge is 0.394 e. The molecule has 3 heterocycles. The van der Waals surface area contributed by atoms with Crippen molar-refractivity contribution in [3.63, 3.8) is 0 Å². The van der Waals surface area contributed by atoms with Gasteiger partial charge in [-0.3, -0.25) is 19.9 Å². The first kappa shape index (κ1) is 29.2. The lowest BCUT2D eigenvalue weighted by atomic mass is 9.86. The number of carbonyl (C=O) groups is 2. The number of anilines is 1. The van der Waals surface area contributed by atoms with Crippen LogP contribution in [-0.4, -0.2) is 101 Å². The van der Waals surface area contributed by atoms with Crippen molar-refractivity contribution in [3.8, 4) is 0 Å². The van der Waals surface area contributed by atoms with Crippen LogP contribution in [0.3, 0.4) is 0 Å². The van der Waals surface area contributed by atoms with Crippen LogP contribution in [0.1, 0.15) is 16.7 Å². The molecule has 3 aliphatic heterocycles. The number of amides is 2. The number of nitrogens with zero attached hydrogens (tertiary/aromatic N) is 4. The Morgan fingerprint density at radius 2 is 1.69 bits per heavy atom. The number of hydrogen-bond donors (Lipinski definition) is 7. The standard InChI is InChI=1S/C28H32N8O6/c29-9-10-31-21(38)11-17-3-7-19(8-4-17)35-22(39)12-16-1-5-18(6-2-16)28-26(30)32-14-33-27(28)36(15-34-28)25-24(41)23(40)20(13-37)42-25/h1-8,14-15,20,23-25,30,37,40-41H,9-13,29H2,(H,31,38)(H,35,39)/t20-,23-,24-,25-,28?/m1/s1. The molecule has 0 aliphatic carbocycles. The number of nitrogens with one attached hydrogen (secondary N) is 3. The van der Waals surface area contributed by atoms with Crippen LogP contribution in [0, 0.1) is 5.41 Å². The molecule has 2 aromatic rings. The third-order valence-corrected chi connectivity index (χ3v) is 7.25. The molecule has 5 atom stereocenters. The minimum atomic E-state index is -1.41. The van der Waals surface area contributed by atoms with Crippen LogP contribution in [-0.2, 0) is 32.7 Å². The van der Waals surface area contributed by atoms with Gasteiger partial charge in [-0.2, -0.15) is 0 Å². The first-order chi connectivity index (χ1) is 20.3. The van der Waals surface area contributed by atoms with Gasteiger partial charge in [0.25, 0.3) is 0 Å². The Hall–Kier alpha value is -4.34. The average molecular weight is 577 g/mol. The minimum Gasteiger partial charge on any atom is -0.394 e. The molecule has 0 bridgehead atoms. The summed E-state index contributed by atoms with van der Waals surface area (Å²) in [6.45, 7) is 0.311. The number of carbonyl (C=O) groups excluding carboxylic acids is 2. The Morgan fingerprint density at radius 1 is 1.02 bits per heavy atom. The molecule has 1 saturated heterocycles. The smallest absolute Gasteiger partial charge is 0.228 e. The van der Waals surface area contributed by atoms with Crippen LogP contribution in [0.15, 0.2) is 63.5 Å². The summed E-state index contributed by atoms with van der Waals surface area (Å²) in [6, 6.07) is 14.0. The van der Waals surface area contributed by atoms with E-state index in [2.05, 4.69) is 25.6 Å². The molecule has 42 heavy (non-hydrogen) atoms. The van der Waals surface area contributed by atoms with Crippen molar-refractivity contribution in [1.29, 1.82) is 5.41 Å². The number of hydrogen-bond acceptors (Lipinski definition) is 11. The summed E-state index contributed by atoms with van der Waals surface area (Å²) in [7, 11) is 0. The fourth-order valence-electron chi connectivity index (χ4n) is 5.07. The van der Waals surface area contributed by atoms with E-state index in [0.29, 0.717) is 29.9 Å². The number of aliphatic imine (C=N–C) groups is 3. The number of fused-ring (bicyclic) bond motifs is 1. The number of aliphatic hydroxyl groups excluding tert-OH is 3. The number of amidine groups is 2. The quantitative estimate of drug-likeness (QED) is 0.183. The van der Waals surface area contributed by atoms with E-state index in [1.165, 1.54) is 17.6 Å². The summed E-state index contributed by atoms with van der Waals surface area (Å²) in [5.74, 6) is -0.212. The van der Waals surface area contributed by atoms with Gasteiger partial charge in [0.05, 0.1) is 25.8 Å². The lowest BCUT2D eigenvalue weighted by Gasteiger charge is -2.33. The van der Waals surface area contributed by atoms with Gasteiger partial charge >= 0.3 is 0 Å². The van der Waals surface area contributed by atoms with Gasteiger partial charge in [-0.1, -0.05) is 36.4 Å². The molecule has 14 nitrogen and oxygen atoms in total. The van der Waals surface area contributed by atoms with Crippen LogP contribution in [0.25, 0.3) is 0 Å². The maximum atomic E-state index is 12.7. The van der Waals surface area contributed by atoms with Gasteiger partial charge in [-0.05, 0) is 28.8 Å². The second-order valence-electron chi connectivity index (χ2n) is 10.1. The highest BCUT2D eigenvalue weighted by Crippen LogP contribution is 2.39. The Kier molecular flexibility index (Phi) is 8.51. The molecule has 0 saturated carbocycles. The van der Waals surface area contributed by atoms with Crippen LogP contribution >= 0.6 is 0 Å². The van der Waals surface area contributed by atoms with Crippen molar-refractivity contribution < 1.29 is 29.6 Å². The second-order valence-corrected chi connectivity index (χ2v) is 10.1. The summed E-state index contributed by atoms with van der Waals surface area (Å²) in [4.78, 5) is 38.9. The van der Waals surface area contributed by atoms with Crippen molar-refractivity contribution in [2.75, 3.05) is 25.0 Å². The third kappa shape index (κ3) is 5.57. The highest BCUT2D eigenvalue weighted by molar-refractivity contribution is 6.24. The van der Waals surface area contributed by atoms with Gasteiger partial charge in [0.1, 0.15) is 24.7 Å². The monoisotopic (exact) mass is 576 g/mol. The normalized spacial score (nSPS) is 26.2. The molecule has 1 fully saturated rings. The van der Waals surface area contributed by atoms with E-state index in [0.717, 1.165) is 5.56 Å². The van der Waals surface area contributed by atoms with Crippen LogP contribution in [0.5, 0.6) is 0 Å². The van der Waals surface area contributed by atoms with E-state index >= 15 is 0 Å². The lowest BCUT2D eigenvalue weighted by Crippen LogP contribution is -2.52. The Bertz CT molecular complexity index is 1430. The number of aliphatic hydroxyl groups is 3. The number of rotatable bonds is 10. The summed E-state index contributed by atoms with van der Waals surface area (Å²) in [5, 5.41) is 44.4. The van der Waals surface area contributed by atoms with Crippen LogP contribution in [0.2, 0.25) is 0 Å². The molecular weight excluding hydrogens is 544 g/mol. The first-order valence-corrected chi connectivity index (χ1v) is 13.4. The molecule has 5 rings (SSSR count). The van der Waals surface area contributed by atoms with E-state index in [1.54, 1.807) is 48.5 Å². The fourth-order valence-corrected chi connectivity index (χ4v) is 5.07. The number of benzene rings is 2. The molecule has 8 N–H and O–H groups in total. The molecule has 220 valence electrons. The SMILES string of the molecule is N=C1N=CN=C2N([C@@H]3O[C@H](CO)[C@@H](O)[C@H]3O)C=NC12c1ccc(CC(=O)Nc2ccc(CC(=O)NCCN)cc2)cc1. The Labute approximate surface area is 241 Å². The van der Waals surface area contributed by atoms with Gasteiger partial charge in [-0.25, -0.2) is 15.0 Å². The summed E-state index contributed by atoms with van der Waals surface area (Å²) in [6.07, 6.45) is -1.82. The van der Waals surface area contributed by atoms with Gasteiger partial charge in [0.15, 0.2) is 17.9 Å². The van der Waals surface area contributed by atoms with Crippen molar-refractivity contribution in [1.82, 2.24) is 10.2 Å². The molecule has 0 aromatic heterocycles. The van der Waals surface area contributed by atoms with Crippen molar-refractivity contribution >= 4 is 41.9 Å². The molecule has 3 aliphatic rings. The zero-order valence-corrected chi connectivity index (χ0v) is 22.6. The molecule has 0 spiro atoms. The van der Waals surface area contributed by atoms with Crippen LogP contribution < -0.4 is 16.4 Å². The Balaban J connectivity index is 1.25. The molecule has 2 aromatic carbocycles. The van der Waals surface area contributed by atoms with E-state index in [9.17, 15) is 24.9 Å². The highest BCUT2D eigenvalue weighted by Gasteiger charge is 2.55. The zero-order valence-electron chi connectivity index (χ0n) is 22.6. The highest BCUT2D eigenvalue weighted by atomic mass is 16.6. The maximum Gasteiger partial charge on any atom is 0.228 e. The van der Waals surface area contributed by atoms with Gasteiger partial charge in [0, 0.05) is 18.8 Å². The molecule has 2 amide bonds. The van der Waals surface area contributed by atoms with E-state index < -0.39 is 36.7 Å². The van der Waals surface area contributed by atoms with Crippen molar-refractivity contribution in [2.45, 2.75) is 42.9 Å². The van der Waals surface area contributed by atoms with Crippen molar-refractivity contribution in [3.05, 3.63) is 65.2 Å². The van der Waals surface area contributed by atoms with Gasteiger partial charge in [0.2, 0.25) is 17.4 Å². The van der Waals surface area contributed by atoms with E-state index in [4.69, 9.17) is 15.9 Å². The fraction of sp³-hybridized carbons (Fsp3) is 0.357. The average Bonchev–Trinajstić information content (AvgIpc) is 3.51. The van der Waals surface area contributed by atoms with E-state index in [1.807, 2.05) is 0 Å². The number of ether oxygens (including phenoxy) is 1. The topological polar surface area (TPSA) is 218 Å². The number of nitrogens with two attached hydrogens (primary N) is 1. The Morgan fingerprint density at radius 3 is 2.33 bits per heavy atom. The molecule has 0 radical (unpaired) electrons. The third-order valence-electron chi connectivity index (χ3n) is 7.25. The second kappa shape index (κ2) is 12.3. The first-order valence-electron chi connectivity index (χ1n) is 13.4.